The molecule has 0 fully saturated rings. The van der Waals surface area contributed by atoms with E-state index in [0.29, 0.717) is 0 Å². The molecule has 0 atom stereocenters. The summed E-state index contributed by atoms with van der Waals surface area (Å²) in [6.07, 6.45) is 5.15. The van der Waals surface area contributed by atoms with E-state index in [9.17, 15) is 0 Å². The highest BCUT2D eigenvalue weighted by Crippen LogP contribution is 2.11. The Labute approximate surface area is 54.7 Å². The van der Waals surface area contributed by atoms with E-state index in [1.807, 2.05) is 19.9 Å². The van der Waals surface area contributed by atoms with Gasteiger partial charge in [0.1, 0.15) is 11.5 Å². The van der Waals surface area contributed by atoms with Crippen molar-refractivity contribution >= 4 is 0 Å². The first-order valence-electron chi connectivity index (χ1n) is 2.77. The molecule has 0 radical (unpaired) electrons. The van der Waals surface area contributed by atoms with Crippen molar-refractivity contribution in [3.63, 3.8) is 0 Å². The van der Waals surface area contributed by atoms with E-state index < -0.39 is 0 Å². The largest absolute Gasteiger partial charge is 0.465 e. The van der Waals surface area contributed by atoms with Crippen molar-refractivity contribution in [1.82, 2.24) is 0 Å². The maximum atomic E-state index is 5.16. The third-order valence-corrected chi connectivity index (χ3v) is 1.20. The van der Waals surface area contributed by atoms with Crippen LogP contribution in [0, 0.1) is 26.2 Å². The van der Waals surface area contributed by atoms with Crippen LogP contribution < -0.4 is 0 Å². The smallest absolute Gasteiger partial charge is 0.116 e. The lowest BCUT2D eigenvalue weighted by atomic mass is 10.3. The highest BCUT2D eigenvalue weighted by Gasteiger charge is 1.98. The van der Waals surface area contributed by atoms with E-state index in [0.717, 1.165) is 17.1 Å². The average molecular weight is 120 g/mol. The first-order valence-corrected chi connectivity index (χ1v) is 2.77. The van der Waals surface area contributed by atoms with Gasteiger partial charge in [0, 0.05) is 0 Å². The summed E-state index contributed by atoms with van der Waals surface area (Å²) in [5.74, 6) is 4.23. The van der Waals surface area contributed by atoms with Gasteiger partial charge in [0.25, 0.3) is 0 Å². The van der Waals surface area contributed by atoms with E-state index in [4.69, 9.17) is 10.8 Å². The van der Waals surface area contributed by atoms with Gasteiger partial charge in [-0.2, -0.15) is 0 Å². The van der Waals surface area contributed by atoms with Gasteiger partial charge in [-0.1, -0.05) is 5.92 Å². The van der Waals surface area contributed by atoms with Crippen molar-refractivity contribution in [2.75, 3.05) is 0 Å². The minimum Gasteiger partial charge on any atom is -0.465 e. The third kappa shape index (κ3) is 0.972. The monoisotopic (exact) mass is 120 g/mol. The minimum absolute atomic E-state index is 0.829. The first-order chi connectivity index (χ1) is 4.24. The minimum atomic E-state index is 0.829. The Morgan fingerprint density at radius 3 is 2.44 bits per heavy atom. The summed E-state index contributed by atoms with van der Waals surface area (Å²) in [6.45, 7) is 3.75. The first kappa shape index (κ1) is 5.97. The molecule has 0 aromatic carbocycles. The van der Waals surface area contributed by atoms with Crippen LogP contribution in [-0.4, -0.2) is 0 Å². The molecule has 9 heavy (non-hydrogen) atoms. The Balaban J connectivity index is 3.20. The Kier molecular flexibility index (Phi) is 1.32. The number of furan rings is 1. The van der Waals surface area contributed by atoms with Crippen molar-refractivity contribution in [1.29, 1.82) is 0 Å². The number of terminal acetylenes is 1. The Morgan fingerprint density at radius 2 is 2.22 bits per heavy atom. The van der Waals surface area contributed by atoms with Crippen molar-refractivity contribution in [2.24, 2.45) is 0 Å². The summed E-state index contributed by atoms with van der Waals surface area (Å²) in [4.78, 5) is 0. The van der Waals surface area contributed by atoms with Gasteiger partial charge in [-0.3, -0.25) is 0 Å². The Bertz CT molecular complexity index is 250. The molecule has 0 N–H and O–H groups in total. The average Bonchev–Trinajstić information content (AvgIpc) is 2.10. The van der Waals surface area contributed by atoms with E-state index in [2.05, 4.69) is 5.92 Å². The van der Waals surface area contributed by atoms with Gasteiger partial charge < -0.3 is 4.42 Å². The van der Waals surface area contributed by atoms with Gasteiger partial charge in [0.15, 0.2) is 0 Å². The molecule has 0 aliphatic rings. The molecular weight excluding hydrogens is 112 g/mol. The van der Waals surface area contributed by atoms with E-state index in [-0.39, 0.29) is 0 Å². The number of aryl methyl sites for hydroxylation is 2. The molecule has 1 nitrogen and oxygen atoms in total. The molecule has 1 rings (SSSR count). The summed E-state index contributed by atoms with van der Waals surface area (Å²) < 4.78 is 5.16. The topological polar surface area (TPSA) is 13.1 Å². The quantitative estimate of drug-likeness (QED) is 0.476. The highest BCUT2D eigenvalue weighted by molar-refractivity contribution is 5.35. The number of hydrogen-bond donors (Lipinski definition) is 0. The molecule has 0 saturated carbocycles. The molecule has 0 saturated heterocycles. The summed E-state index contributed by atoms with van der Waals surface area (Å²) in [5, 5.41) is 0. The molecule has 0 aliphatic carbocycles. The lowest BCUT2D eigenvalue weighted by molar-refractivity contribution is 0.504. The molecule has 0 unspecified atom stereocenters. The molecule has 1 aromatic heterocycles. The Hall–Kier alpha value is -1.16. The number of hydrogen-bond acceptors (Lipinski definition) is 1. The highest BCUT2D eigenvalue weighted by atomic mass is 16.3. The molecule has 46 valence electrons. The van der Waals surface area contributed by atoms with Crippen molar-refractivity contribution in [3.8, 4) is 12.3 Å². The van der Waals surface area contributed by atoms with Gasteiger partial charge in [-0.05, 0) is 19.9 Å². The summed E-state index contributed by atoms with van der Waals surface area (Å²) >= 11 is 0. The van der Waals surface area contributed by atoms with Crippen molar-refractivity contribution in [3.05, 3.63) is 23.2 Å². The van der Waals surface area contributed by atoms with Crippen LogP contribution in [0.2, 0.25) is 0 Å². The summed E-state index contributed by atoms with van der Waals surface area (Å²) in [7, 11) is 0. The van der Waals surface area contributed by atoms with Crippen molar-refractivity contribution < 1.29 is 4.42 Å². The second kappa shape index (κ2) is 1.99. The van der Waals surface area contributed by atoms with Gasteiger partial charge in [-0.25, -0.2) is 0 Å². The SMILES string of the molecule is C#Cc1cc(C)oc1C. The molecule has 0 amide bonds. The van der Waals surface area contributed by atoms with E-state index >= 15 is 0 Å². The molecule has 0 bridgehead atoms. The number of rotatable bonds is 0. The van der Waals surface area contributed by atoms with Crippen LogP contribution >= 0.6 is 0 Å². The molecule has 1 heterocycles. The van der Waals surface area contributed by atoms with Gasteiger partial charge in [-0.15, -0.1) is 6.42 Å². The fourth-order valence-electron chi connectivity index (χ4n) is 0.774. The maximum absolute atomic E-state index is 5.16. The Morgan fingerprint density at radius 1 is 1.56 bits per heavy atom. The normalized spacial score (nSPS) is 9.00. The van der Waals surface area contributed by atoms with Crippen LogP contribution in [0.25, 0.3) is 0 Å². The zero-order chi connectivity index (χ0) is 6.85. The van der Waals surface area contributed by atoms with E-state index in [1.165, 1.54) is 0 Å². The third-order valence-electron chi connectivity index (χ3n) is 1.20. The predicted octanol–water partition coefficient (Wildman–Crippen LogP) is 1.88. The van der Waals surface area contributed by atoms with Crippen LogP contribution in [0.5, 0.6) is 0 Å². The summed E-state index contributed by atoms with van der Waals surface area (Å²) in [6, 6.07) is 1.86. The van der Waals surface area contributed by atoms with Crippen molar-refractivity contribution in [2.45, 2.75) is 13.8 Å². The fraction of sp³-hybridized carbons (Fsp3) is 0.250. The second-order valence-electron chi connectivity index (χ2n) is 1.97. The standard InChI is InChI=1S/C8H8O/c1-4-8-5-6(2)9-7(8)3/h1,5H,2-3H3. The second-order valence-corrected chi connectivity index (χ2v) is 1.97. The van der Waals surface area contributed by atoms with Crippen LogP contribution in [0.1, 0.15) is 17.1 Å². The fourth-order valence-corrected chi connectivity index (χ4v) is 0.774. The van der Waals surface area contributed by atoms with Gasteiger partial charge >= 0.3 is 0 Å². The van der Waals surface area contributed by atoms with Gasteiger partial charge in [0.05, 0.1) is 5.56 Å². The van der Waals surface area contributed by atoms with Crippen LogP contribution in [-0.2, 0) is 0 Å². The zero-order valence-electron chi connectivity index (χ0n) is 5.56. The lowest BCUT2D eigenvalue weighted by Crippen LogP contribution is -1.67. The van der Waals surface area contributed by atoms with Crippen LogP contribution in [0.3, 0.4) is 0 Å². The molecule has 1 aromatic rings. The predicted molar refractivity (Wildman–Crippen MR) is 36.1 cm³/mol. The van der Waals surface area contributed by atoms with Gasteiger partial charge in [0.2, 0.25) is 0 Å². The zero-order valence-corrected chi connectivity index (χ0v) is 5.56. The maximum Gasteiger partial charge on any atom is 0.116 e. The van der Waals surface area contributed by atoms with Crippen LogP contribution in [0.15, 0.2) is 10.5 Å². The molecular formula is C8H8O. The molecule has 0 spiro atoms. The van der Waals surface area contributed by atoms with E-state index in [1.54, 1.807) is 0 Å². The van der Waals surface area contributed by atoms with Crippen LogP contribution in [0.4, 0.5) is 0 Å². The lowest BCUT2D eigenvalue weighted by Gasteiger charge is -1.80. The summed E-state index contributed by atoms with van der Waals surface area (Å²) in [5.41, 5.74) is 0.854. The molecule has 1 heteroatoms. The molecule has 0 aliphatic heterocycles.